The van der Waals surface area contributed by atoms with Crippen LogP contribution in [0, 0.1) is 11.6 Å². The Bertz CT molecular complexity index is 928. The number of anilines is 1. The maximum absolute atomic E-state index is 14.4. The van der Waals surface area contributed by atoms with Gasteiger partial charge >= 0.3 is 0 Å². The summed E-state index contributed by atoms with van der Waals surface area (Å²) in [6.07, 6.45) is 0. The third-order valence-electron chi connectivity index (χ3n) is 4.54. The van der Waals surface area contributed by atoms with Crippen LogP contribution in [0.3, 0.4) is 0 Å². The van der Waals surface area contributed by atoms with E-state index in [0.717, 1.165) is 36.6 Å². The average molecular weight is 340 g/mol. The second-order valence-electron chi connectivity index (χ2n) is 6.26. The highest BCUT2D eigenvalue weighted by Gasteiger charge is 2.23. The maximum Gasteiger partial charge on any atom is 0.226 e. The Hall–Kier alpha value is -2.60. The number of piperazine rings is 1. The lowest BCUT2D eigenvalue weighted by Gasteiger charge is -2.34. The molecule has 1 atom stereocenters. The van der Waals surface area contributed by atoms with E-state index >= 15 is 0 Å². The lowest BCUT2D eigenvalue weighted by molar-refractivity contribution is 0.493. The number of fused-ring (bicyclic) bond motifs is 1. The summed E-state index contributed by atoms with van der Waals surface area (Å²) in [5.41, 5.74) is 1.52. The van der Waals surface area contributed by atoms with Crippen LogP contribution in [-0.2, 0) is 0 Å². The summed E-state index contributed by atoms with van der Waals surface area (Å²) < 4.78 is 27.7. The van der Waals surface area contributed by atoms with E-state index in [4.69, 9.17) is 0 Å². The molecule has 0 amide bonds. The van der Waals surface area contributed by atoms with E-state index < -0.39 is 11.6 Å². The van der Waals surface area contributed by atoms with E-state index in [1.807, 2.05) is 24.3 Å². The minimum Gasteiger partial charge on any atom is -0.336 e. The van der Waals surface area contributed by atoms with Crippen LogP contribution in [-0.4, -0.2) is 35.6 Å². The van der Waals surface area contributed by atoms with Crippen LogP contribution in [0.25, 0.3) is 22.2 Å². The van der Waals surface area contributed by atoms with Crippen molar-refractivity contribution in [2.45, 2.75) is 13.0 Å². The van der Waals surface area contributed by atoms with Crippen molar-refractivity contribution in [3.63, 3.8) is 0 Å². The molecule has 128 valence electrons. The Labute approximate surface area is 144 Å². The first-order valence-electron chi connectivity index (χ1n) is 8.33. The van der Waals surface area contributed by atoms with Gasteiger partial charge in [-0.3, -0.25) is 0 Å². The van der Waals surface area contributed by atoms with Crippen molar-refractivity contribution in [1.82, 2.24) is 15.3 Å². The molecule has 1 fully saturated rings. The van der Waals surface area contributed by atoms with Gasteiger partial charge in [-0.25, -0.2) is 18.7 Å². The molecule has 0 unspecified atom stereocenters. The first-order valence-corrected chi connectivity index (χ1v) is 8.33. The van der Waals surface area contributed by atoms with Gasteiger partial charge < -0.3 is 10.2 Å². The lowest BCUT2D eigenvalue weighted by atomic mass is 10.1. The highest BCUT2D eigenvalue weighted by Crippen LogP contribution is 2.30. The zero-order valence-electron chi connectivity index (χ0n) is 13.8. The van der Waals surface area contributed by atoms with Gasteiger partial charge in [0.1, 0.15) is 11.6 Å². The largest absolute Gasteiger partial charge is 0.336 e. The fraction of sp³-hybridized carbons (Fsp3) is 0.263. The molecule has 2 aromatic carbocycles. The van der Waals surface area contributed by atoms with Gasteiger partial charge in [0.05, 0.1) is 11.2 Å². The number of nitrogens with one attached hydrogen (secondary N) is 1. The third-order valence-corrected chi connectivity index (χ3v) is 4.54. The second-order valence-corrected chi connectivity index (χ2v) is 6.26. The Morgan fingerprint density at radius 2 is 1.96 bits per heavy atom. The Balaban J connectivity index is 1.92. The van der Waals surface area contributed by atoms with Crippen LogP contribution in [0.15, 0.2) is 42.5 Å². The number of hydrogen-bond acceptors (Lipinski definition) is 4. The molecule has 4 rings (SSSR count). The quantitative estimate of drug-likeness (QED) is 0.777. The molecule has 25 heavy (non-hydrogen) atoms. The van der Waals surface area contributed by atoms with E-state index in [2.05, 4.69) is 27.1 Å². The van der Waals surface area contributed by atoms with Gasteiger partial charge in [-0.1, -0.05) is 18.2 Å². The molecular weight excluding hydrogens is 322 g/mol. The van der Waals surface area contributed by atoms with Crippen molar-refractivity contribution in [3.8, 4) is 11.3 Å². The summed E-state index contributed by atoms with van der Waals surface area (Å²) >= 11 is 0. The van der Waals surface area contributed by atoms with E-state index in [-0.39, 0.29) is 11.6 Å². The predicted octanol–water partition coefficient (Wildman–Crippen LogP) is 3.37. The van der Waals surface area contributed by atoms with Gasteiger partial charge in [-0.2, -0.15) is 0 Å². The summed E-state index contributed by atoms with van der Waals surface area (Å²) in [7, 11) is 0. The molecule has 4 nitrogen and oxygen atoms in total. The molecule has 0 bridgehead atoms. The number of rotatable bonds is 2. The van der Waals surface area contributed by atoms with Gasteiger partial charge in [0.2, 0.25) is 5.95 Å². The summed E-state index contributed by atoms with van der Waals surface area (Å²) in [5.74, 6) is -0.648. The van der Waals surface area contributed by atoms with Crippen molar-refractivity contribution < 1.29 is 8.78 Å². The van der Waals surface area contributed by atoms with Gasteiger partial charge in [0.15, 0.2) is 0 Å². The van der Waals surface area contributed by atoms with Gasteiger partial charge in [0, 0.05) is 42.7 Å². The maximum atomic E-state index is 14.4. The molecule has 1 aliphatic rings. The van der Waals surface area contributed by atoms with Crippen molar-refractivity contribution in [1.29, 1.82) is 0 Å². The Kier molecular flexibility index (Phi) is 4.05. The minimum absolute atomic E-state index is 0.237. The first kappa shape index (κ1) is 15.9. The number of aromatic nitrogens is 2. The van der Waals surface area contributed by atoms with Crippen molar-refractivity contribution in [3.05, 3.63) is 54.1 Å². The predicted molar refractivity (Wildman–Crippen MR) is 94.6 cm³/mol. The fourth-order valence-corrected chi connectivity index (χ4v) is 3.22. The molecule has 1 N–H and O–H groups in total. The van der Waals surface area contributed by atoms with Gasteiger partial charge in [-0.15, -0.1) is 0 Å². The molecule has 1 aliphatic heterocycles. The molecule has 0 spiro atoms. The number of benzene rings is 2. The summed E-state index contributed by atoms with van der Waals surface area (Å²) in [5, 5.41) is 4.08. The molecule has 6 heteroatoms. The monoisotopic (exact) mass is 340 g/mol. The van der Waals surface area contributed by atoms with Gasteiger partial charge in [-0.05, 0) is 25.1 Å². The molecular formula is C19H18F2N4. The third kappa shape index (κ3) is 2.93. The molecule has 2 heterocycles. The number of para-hydroxylation sites is 1. The van der Waals surface area contributed by atoms with Crippen LogP contribution in [0.5, 0.6) is 0 Å². The molecule has 0 saturated carbocycles. The number of nitrogens with zero attached hydrogens (tertiary/aromatic N) is 3. The highest BCUT2D eigenvalue weighted by atomic mass is 19.1. The summed E-state index contributed by atoms with van der Waals surface area (Å²) in [4.78, 5) is 11.5. The van der Waals surface area contributed by atoms with E-state index in [1.54, 1.807) is 0 Å². The van der Waals surface area contributed by atoms with Gasteiger partial charge in [0.25, 0.3) is 0 Å². The van der Waals surface area contributed by atoms with Crippen LogP contribution in [0.1, 0.15) is 6.92 Å². The fourth-order valence-electron chi connectivity index (χ4n) is 3.22. The number of halogens is 2. The molecule has 0 radical (unpaired) electrons. The van der Waals surface area contributed by atoms with Crippen LogP contribution >= 0.6 is 0 Å². The summed E-state index contributed by atoms with van der Waals surface area (Å²) in [6.45, 7) is 4.57. The molecule has 1 aromatic heterocycles. The van der Waals surface area contributed by atoms with E-state index in [0.29, 0.717) is 11.6 Å². The van der Waals surface area contributed by atoms with Crippen molar-refractivity contribution >= 4 is 16.9 Å². The van der Waals surface area contributed by atoms with Crippen LogP contribution < -0.4 is 10.2 Å². The normalized spacial score (nSPS) is 17.9. The first-order chi connectivity index (χ1) is 12.1. The zero-order chi connectivity index (χ0) is 17.4. The van der Waals surface area contributed by atoms with E-state index in [9.17, 15) is 8.78 Å². The van der Waals surface area contributed by atoms with Crippen LogP contribution in [0.4, 0.5) is 14.7 Å². The van der Waals surface area contributed by atoms with E-state index in [1.165, 1.54) is 12.1 Å². The molecule has 1 saturated heterocycles. The van der Waals surface area contributed by atoms with Crippen LogP contribution in [0.2, 0.25) is 0 Å². The smallest absolute Gasteiger partial charge is 0.226 e. The lowest BCUT2D eigenvalue weighted by Crippen LogP contribution is -2.50. The zero-order valence-corrected chi connectivity index (χ0v) is 13.8. The standard InChI is InChI=1S/C19H18F2N4/c1-12-11-22-8-9-25(12)19-23-17-5-3-2-4-15(17)18(24-19)14-7-6-13(20)10-16(14)21/h2-7,10,12,22H,8-9,11H2,1H3/t12-/m0/s1. The SMILES string of the molecule is C[C@H]1CNCCN1c1nc(-c2ccc(F)cc2F)c2ccccc2n1. The van der Waals surface area contributed by atoms with Crippen molar-refractivity contribution in [2.24, 2.45) is 0 Å². The second kappa shape index (κ2) is 6.37. The molecule has 3 aromatic rings. The summed E-state index contributed by atoms with van der Waals surface area (Å²) in [6, 6.07) is 11.3. The molecule has 0 aliphatic carbocycles. The topological polar surface area (TPSA) is 41.0 Å². The highest BCUT2D eigenvalue weighted by molar-refractivity contribution is 5.93. The Morgan fingerprint density at radius 3 is 2.76 bits per heavy atom. The number of hydrogen-bond donors (Lipinski definition) is 1. The van der Waals surface area contributed by atoms with Crippen molar-refractivity contribution in [2.75, 3.05) is 24.5 Å². The Morgan fingerprint density at radius 1 is 1.12 bits per heavy atom. The minimum atomic E-state index is -0.622. The average Bonchev–Trinajstić information content (AvgIpc) is 2.61.